The molecule has 0 unspecified atom stereocenters. The van der Waals surface area contributed by atoms with Gasteiger partial charge in [-0.25, -0.2) is 0 Å². The van der Waals surface area contributed by atoms with Crippen LogP contribution in [0.5, 0.6) is 17.2 Å². The van der Waals surface area contributed by atoms with E-state index in [1.807, 2.05) is 0 Å². The van der Waals surface area contributed by atoms with Crippen molar-refractivity contribution in [1.29, 1.82) is 0 Å². The van der Waals surface area contributed by atoms with Crippen molar-refractivity contribution in [3.8, 4) is 17.2 Å². The molecule has 3 rings (SSSR count). The molecular formula is C19H16N2O6. The number of furan rings is 1. The molecule has 8 heteroatoms. The van der Waals surface area contributed by atoms with Crippen LogP contribution in [0.1, 0.15) is 17.5 Å². The van der Waals surface area contributed by atoms with Gasteiger partial charge < -0.3 is 19.2 Å². The summed E-state index contributed by atoms with van der Waals surface area (Å²) in [5.41, 5.74) is 0.447. The molecule has 1 N–H and O–H groups in total. The van der Waals surface area contributed by atoms with Crippen LogP contribution >= 0.6 is 0 Å². The number of carbonyl (C=O) groups is 1. The average molecular weight is 368 g/mol. The van der Waals surface area contributed by atoms with Gasteiger partial charge in [0, 0.05) is 17.8 Å². The van der Waals surface area contributed by atoms with Crippen molar-refractivity contribution in [1.82, 2.24) is 0 Å². The largest absolute Gasteiger partial charge is 0.487 e. The van der Waals surface area contributed by atoms with Crippen LogP contribution in [-0.2, 0) is 0 Å². The van der Waals surface area contributed by atoms with Crippen LogP contribution in [0.25, 0.3) is 0 Å². The Bertz CT molecular complexity index is 935. The van der Waals surface area contributed by atoms with Crippen molar-refractivity contribution < 1.29 is 23.6 Å². The maximum absolute atomic E-state index is 11.9. The molecule has 27 heavy (non-hydrogen) atoms. The first-order chi connectivity index (χ1) is 13.1. The molecule has 1 heterocycles. The third kappa shape index (κ3) is 4.43. The first-order valence-corrected chi connectivity index (χ1v) is 8.11. The Morgan fingerprint density at radius 2 is 1.89 bits per heavy atom. The van der Waals surface area contributed by atoms with Gasteiger partial charge in [-0.1, -0.05) is 0 Å². The van der Waals surface area contributed by atoms with Crippen molar-refractivity contribution in [2.75, 3.05) is 11.9 Å². The highest BCUT2D eigenvalue weighted by Crippen LogP contribution is 2.33. The van der Waals surface area contributed by atoms with Crippen LogP contribution < -0.4 is 14.8 Å². The molecule has 1 aromatic heterocycles. The van der Waals surface area contributed by atoms with Crippen molar-refractivity contribution in [3.63, 3.8) is 0 Å². The molecule has 138 valence electrons. The standard InChI is InChI=1S/C19H16N2O6/c1-2-25-18-12-15(9-10-16(18)21(23)24)27-14-7-5-13(6-8-14)20-19(22)17-4-3-11-26-17/h3-12H,2H2,1H3,(H,20,22). The molecule has 0 bridgehead atoms. The van der Waals surface area contributed by atoms with E-state index in [1.165, 1.54) is 24.5 Å². The lowest BCUT2D eigenvalue weighted by Crippen LogP contribution is -2.10. The minimum absolute atomic E-state index is 0.125. The Labute approximate surface area is 154 Å². The normalized spacial score (nSPS) is 10.3. The average Bonchev–Trinajstić information content (AvgIpc) is 3.18. The second-order valence-corrected chi connectivity index (χ2v) is 5.38. The molecule has 8 nitrogen and oxygen atoms in total. The highest BCUT2D eigenvalue weighted by Gasteiger charge is 2.16. The molecule has 0 aliphatic carbocycles. The molecule has 0 atom stereocenters. The maximum Gasteiger partial charge on any atom is 0.311 e. The van der Waals surface area contributed by atoms with E-state index in [0.717, 1.165) is 0 Å². The highest BCUT2D eigenvalue weighted by atomic mass is 16.6. The SMILES string of the molecule is CCOc1cc(Oc2ccc(NC(=O)c3ccco3)cc2)ccc1[N+](=O)[O-]. The zero-order valence-corrected chi connectivity index (χ0v) is 14.4. The van der Waals surface area contributed by atoms with Crippen LogP contribution in [0.3, 0.4) is 0 Å². The summed E-state index contributed by atoms with van der Waals surface area (Å²) in [7, 11) is 0. The number of nitrogens with one attached hydrogen (secondary N) is 1. The Hall–Kier alpha value is -3.81. The second-order valence-electron chi connectivity index (χ2n) is 5.38. The number of ether oxygens (including phenoxy) is 2. The summed E-state index contributed by atoms with van der Waals surface area (Å²) in [5.74, 6) is 0.899. The topological polar surface area (TPSA) is 104 Å². The monoisotopic (exact) mass is 368 g/mol. The van der Waals surface area contributed by atoms with E-state index < -0.39 is 4.92 Å². The number of nitro groups is 1. The number of nitrogens with zero attached hydrogens (tertiary/aromatic N) is 1. The van der Waals surface area contributed by atoms with Gasteiger partial charge in [0.1, 0.15) is 11.5 Å². The molecular weight excluding hydrogens is 352 g/mol. The summed E-state index contributed by atoms with van der Waals surface area (Å²) in [4.78, 5) is 22.4. The van der Waals surface area contributed by atoms with Gasteiger partial charge in [0.05, 0.1) is 17.8 Å². The Balaban J connectivity index is 1.70. The van der Waals surface area contributed by atoms with E-state index in [-0.39, 0.29) is 23.1 Å². The number of amides is 1. The van der Waals surface area contributed by atoms with E-state index >= 15 is 0 Å². The van der Waals surface area contributed by atoms with Crippen LogP contribution in [0.15, 0.2) is 65.3 Å². The van der Waals surface area contributed by atoms with Crippen molar-refractivity contribution in [2.24, 2.45) is 0 Å². The van der Waals surface area contributed by atoms with Gasteiger partial charge in [-0.15, -0.1) is 0 Å². The fraction of sp³-hybridized carbons (Fsp3) is 0.105. The lowest BCUT2D eigenvalue weighted by molar-refractivity contribution is -0.385. The molecule has 0 saturated heterocycles. The zero-order valence-electron chi connectivity index (χ0n) is 14.4. The Morgan fingerprint density at radius 1 is 1.15 bits per heavy atom. The third-order valence-electron chi connectivity index (χ3n) is 3.52. The molecule has 0 spiro atoms. The number of benzene rings is 2. The first-order valence-electron chi connectivity index (χ1n) is 8.11. The lowest BCUT2D eigenvalue weighted by atomic mass is 10.2. The van der Waals surface area contributed by atoms with E-state index in [1.54, 1.807) is 43.3 Å². The van der Waals surface area contributed by atoms with E-state index in [0.29, 0.717) is 23.8 Å². The summed E-state index contributed by atoms with van der Waals surface area (Å²) in [5, 5.41) is 13.7. The molecule has 0 aliphatic heterocycles. The zero-order chi connectivity index (χ0) is 19.2. The number of anilines is 1. The minimum atomic E-state index is -0.509. The second kappa shape index (κ2) is 8.05. The van der Waals surface area contributed by atoms with Gasteiger partial charge in [0.2, 0.25) is 5.75 Å². The highest BCUT2D eigenvalue weighted by molar-refractivity contribution is 6.02. The maximum atomic E-state index is 11.9. The molecule has 1 amide bonds. The van der Waals surface area contributed by atoms with Crippen molar-refractivity contribution >= 4 is 17.3 Å². The van der Waals surface area contributed by atoms with Gasteiger partial charge in [0.15, 0.2) is 5.76 Å². The van der Waals surface area contributed by atoms with Gasteiger partial charge >= 0.3 is 5.69 Å². The molecule has 0 aliphatic rings. The number of carbonyl (C=O) groups excluding carboxylic acids is 1. The van der Waals surface area contributed by atoms with Crippen LogP contribution in [0.2, 0.25) is 0 Å². The number of nitro benzene ring substituents is 1. The summed E-state index contributed by atoms with van der Waals surface area (Å²) >= 11 is 0. The van der Waals surface area contributed by atoms with E-state index in [9.17, 15) is 14.9 Å². The number of hydrogen-bond donors (Lipinski definition) is 1. The molecule has 0 radical (unpaired) electrons. The predicted molar refractivity (Wildman–Crippen MR) is 97.4 cm³/mol. The van der Waals surface area contributed by atoms with Gasteiger partial charge in [0.25, 0.3) is 5.91 Å². The lowest BCUT2D eigenvalue weighted by Gasteiger charge is -2.09. The smallest absolute Gasteiger partial charge is 0.311 e. The van der Waals surface area contributed by atoms with Crippen molar-refractivity contribution in [3.05, 3.63) is 76.7 Å². The minimum Gasteiger partial charge on any atom is -0.487 e. The number of hydrogen-bond acceptors (Lipinski definition) is 6. The fourth-order valence-electron chi connectivity index (χ4n) is 2.32. The molecule has 3 aromatic rings. The Morgan fingerprint density at radius 3 is 2.52 bits per heavy atom. The third-order valence-corrected chi connectivity index (χ3v) is 3.52. The van der Waals surface area contributed by atoms with Crippen molar-refractivity contribution in [2.45, 2.75) is 6.92 Å². The predicted octanol–water partition coefficient (Wildman–Crippen LogP) is 4.63. The molecule has 2 aromatic carbocycles. The summed E-state index contributed by atoms with van der Waals surface area (Å²) in [6.45, 7) is 2.04. The van der Waals surface area contributed by atoms with Crippen LogP contribution in [-0.4, -0.2) is 17.4 Å². The fourth-order valence-corrected chi connectivity index (χ4v) is 2.32. The Kier molecular flexibility index (Phi) is 5.36. The van der Waals surface area contributed by atoms with Gasteiger partial charge in [-0.05, 0) is 49.4 Å². The van der Waals surface area contributed by atoms with Gasteiger partial charge in [-0.2, -0.15) is 0 Å². The van der Waals surface area contributed by atoms with E-state index in [4.69, 9.17) is 13.9 Å². The van der Waals surface area contributed by atoms with Crippen LogP contribution in [0.4, 0.5) is 11.4 Å². The number of rotatable bonds is 7. The molecule has 0 saturated carbocycles. The quantitative estimate of drug-likeness (QED) is 0.481. The summed E-state index contributed by atoms with van der Waals surface area (Å²) in [6, 6.07) is 14.2. The summed E-state index contributed by atoms with van der Waals surface area (Å²) in [6.07, 6.45) is 1.42. The van der Waals surface area contributed by atoms with Gasteiger partial charge in [-0.3, -0.25) is 14.9 Å². The van der Waals surface area contributed by atoms with E-state index in [2.05, 4.69) is 5.32 Å². The molecule has 0 fully saturated rings. The van der Waals surface area contributed by atoms with Crippen LogP contribution in [0, 0.1) is 10.1 Å². The first kappa shape index (κ1) is 18.0. The summed E-state index contributed by atoms with van der Waals surface area (Å²) < 4.78 is 16.0.